The molecule has 24 heavy (non-hydrogen) atoms. The van der Waals surface area contributed by atoms with Crippen molar-refractivity contribution in [3.05, 3.63) is 44.2 Å². The zero-order chi connectivity index (χ0) is 17.9. The van der Waals surface area contributed by atoms with E-state index in [1.54, 1.807) is 32.0 Å². The highest BCUT2D eigenvalue weighted by Gasteiger charge is 2.23. The zero-order valence-electron chi connectivity index (χ0n) is 13.4. The second kappa shape index (κ2) is 7.72. The quantitative estimate of drug-likeness (QED) is 0.442. The molecule has 0 bridgehead atoms. The fourth-order valence-corrected chi connectivity index (χ4v) is 3.54. The number of esters is 1. The molecule has 5 nitrogen and oxygen atoms in total. The first-order valence-corrected chi connectivity index (χ1v) is 8.80. The second-order valence-corrected chi connectivity index (χ2v) is 6.89. The number of hydrogen-bond donors (Lipinski definition) is 1. The minimum Gasteiger partial charge on any atom is -0.507 e. The molecule has 1 aromatic carbocycles. The number of phenolic OH excluding ortho intramolecular Hbond substituents is 1. The summed E-state index contributed by atoms with van der Waals surface area (Å²) in [5.74, 6) is -0.570. The molecule has 0 fully saturated rings. The molecule has 1 N–H and O–H groups in total. The topological polar surface area (TPSA) is 76.0 Å². The van der Waals surface area contributed by atoms with Crippen LogP contribution in [0.15, 0.2) is 27.7 Å². The summed E-state index contributed by atoms with van der Waals surface area (Å²) in [6, 6.07) is 4.95. The van der Waals surface area contributed by atoms with Crippen LogP contribution in [0.2, 0.25) is 0 Å². The molecule has 0 aliphatic carbocycles. The molecular formula is C17H16BrNO4S. The Labute approximate surface area is 152 Å². The lowest BCUT2D eigenvalue weighted by molar-refractivity contribution is 0.0527. The van der Waals surface area contributed by atoms with Crippen LogP contribution in [-0.4, -0.2) is 29.7 Å². The molecule has 1 aromatic heterocycles. The van der Waals surface area contributed by atoms with Crippen LogP contribution in [-0.2, 0) is 4.74 Å². The van der Waals surface area contributed by atoms with Gasteiger partial charge in [-0.25, -0.2) is 9.79 Å². The first kappa shape index (κ1) is 18.4. The third-order valence-corrected chi connectivity index (χ3v) is 5.03. The average molecular weight is 410 g/mol. The Morgan fingerprint density at radius 2 is 2.12 bits per heavy atom. The lowest BCUT2D eigenvalue weighted by Crippen LogP contribution is -2.06. The number of ketones is 1. The molecule has 7 heteroatoms. The van der Waals surface area contributed by atoms with Crippen molar-refractivity contribution in [1.82, 2.24) is 0 Å². The number of benzene rings is 1. The minimum atomic E-state index is -0.510. The Bertz CT molecular complexity index is 826. The predicted octanol–water partition coefficient (Wildman–Crippen LogP) is 4.65. The maximum Gasteiger partial charge on any atom is 0.341 e. The smallest absolute Gasteiger partial charge is 0.341 e. The van der Waals surface area contributed by atoms with Crippen molar-refractivity contribution >= 4 is 50.2 Å². The molecule has 2 aromatic rings. The summed E-state index contributed by atoms with van der Waals surface area (Å²) >= 11 is 4.46. The van der Waals surface area contributed by atoms with Crippen molar-refractivity contribution in [3.8, 4) is 5.75 Å². The summed E-state index contributed by atoms with van der Waals surface area (Å²) in [4.78, 5) is 28.7. The van der Waals surface area contributed by atoms with E-state index in [0.29, 0.717) is 21.0 Å². The van der Waals surface area contributed by atoms with E-state index in [0.717, 1.165) is 15.8 Å². The van der Waals surface area contributed by atoms with Crippen molar-refractivity contribution in [2.24, 2.45) is 4.99 Å². The molecule has 0 radical (unpaired) electrons. The normalized spacial score (nSPS) is 11.0. The summed E-state index contributed by atoms with van der Waals surface area (Å²) in [5.41, 5.74) is 1.35. The van der Waals surface area contributed by atoms with Gasteiger partial charge in [-0.3, -0.25) is 4.79 Å². The molecule has 0 aliphatic heterocycles. The highest BCUT2D eigenvalue weighted by molar-refractivity contribution is 9.10. The van der Waals surface area contributed by atoms with Crippen molar-refractivity contribution in [3.63, 3.8) is 0 Å². The summed E-state index contributed by atoms with van der Waals surface area (Å²) in [5, 5.41) is 10.3. The number of aromatic hydroxyl groups is 1. The molecule has 0 spiro atoms. The van der Waals surface area contributed by atoms with Gasteiger partial charge in [-0.1, -0.05) is 15.9 Å². The third-order valence-electron chi connectivity index (χ3n) is 3.24. The number of rotatable bonds is 5. The molecule has 0 unspecified atom stereocenters. The van der Waals surface area contributed by atoms with Crippen molar-refractivity contribution in [2.75, 3.05) is 6.61 Å². The summed E-state index contributed by atoms with van der Waals surface area (Å²) in [6.45, 7) is 5.10. The minimum absolute atomic E-state index is 0.0692. The van der Waals surface area contributed by atoms with Crippen molar-refractivity contribution < 1.29 is 19.4 Å². The van der Waals surface area contributed by atoms with Crippen LogP contribution in [0.1, 0.15) is 45.0 Å². The van der Waals surface area contributed by atoms with Crippen LogP contribution in [0, 0.1) is 6.92 Å². The van der Waals surface area contributed by atoms with Gasteiger partial charge in [-0.2, -0.15) is 0 Å². The van der Waals surface area contributed by atoms with Crippen LogP contribution in [0.4, 0.5) is 5.00 Å². The number of aliphatic imine (C=N–C) groups is 1. The van der Waals surface area contributed by atoms with Gasteiger partial charge in [0, 0.05) is 16.3 Å². The molecule has 0 saturated carbocycles. The SMILES string of the molecule is CCOC(=O)c1c(/N=C/c2cc(Br)ccc2O)sc(C(C)=O)c1C. The molecule has 0 aliphatic rings. The maximum absolute atomic E-state index is 12.2. The van der Waals surface area contributed by atoms with Crippen LogP contribution in [0.5, 0.6) is 5.75 Å². The Hall–Kier alpha value is -1.99. The van der Waals surface area contributed by atoms with Crippen molar-refractivity contribution in [1.29, 1.82) is 0 Å². The number of thiophene rings is 1. The zero-order valence-corrected chi connectivity index (χ0v) is 15.8. The first-order valence-electron chi connectivity index (χ1n) is 7.19. The van der Waals surface area contributed by atoms with Gasteiger partial charge in [-0.15, -0.1) is 11.3 Å². The van der Waals surface area contributed by atoms with E-state index in [1.165, 1.54) is 13.1 Å². The van der Waals surface area contributed by atoms with Gasteiger partial charge in [0.25, 0.3) is 0 Å². The monoisotopic (exact) mass is 409 g/mol. The molecule has 1 heterocycles. The molecule has 0 amide bonds. The average Bonchev–Trinajstić information content (AvgIpc) is 2.85. The number of carbonyl (C=O) groups excluding carboxylic acids is 2. The Morgan fingerprint density at radius 3 is 2.75 bits per heavy atom. The standard InChI is InChI=1S/C17H16BrNO4S/c1-4-23-17(22)14-9(2)15(10(3)20)24-16(14)19-8-11-7-12(18)5-6-13(11)21/h5-8,21H,4H2,1-3H3/b19-8+. The summed E-state index contributed by atoms with van der Waals surface area (Å²) in [6.07, 6.45) is 1.46. The fourth-order valence-electron chi connectivity index (χ4n) is 2.13. The van der Waals surface area contributed by atoms with Gasteiger partial charge in [0.05, 0.1) is 17.0 Å². The Morgan fingerprint density at radius 1 is 1.42 bits per heavy atom. The number of hydrogen-bond acceptors (Lipinski definition) is 6. The van der Waals surface area contributed by atoms with Gasteiger partial charge < -0.3 is 9.84 Å². The number of Topliss-reactive ketones (excluding diaryl/α,β-unsaturated/α-hetero) is 1. The predicted molar refractivity (Wildman–Crippen MR) is 98.1 cm³/mol. The molecule has 2 rings (SSSR count). The highest BCUT2D eigenvalue weighted by Crippen LogP contribution is 2.36. The number of nitrogens with zero attached hydrogens (tertiary/aromatic N) is 1. The van der Waals surface area contributed by atoms with Gasteiger partial charge in [0.2, 0.25) is 0 Å². The first-order chi connectivity index (χ1) is 11.3. The van der Waals surface area contributed by atoms with E-state index in [1.807, 2.05) is 0 Å². The van der Waals surface area contributed by atoms with E-state index < -0.39 is 5.97 Å². The third kappa shape index (κ3) is 3.91. The Balaban J connectivity index is 2.50. The van der Waals surface area contributed by atoms with E-state index in [-0.39, 0.29) is 23.7 Å². The molecule has 0 saturated heterocycles. The summed E-state index contributed by atoms with van der Waals surface area (Å²) in [7, 11) is 0. The fraction of sp³-hybridized carbons (Fsp3) is 0.235. The van der Waals surface area contributed by atoms with Crippen LogP contribution in [0.25, 0.3) is 0 Å². The molecule has 0 atom stereocenters. The largest absolute Gasteiger partial charge is 0.507 e. The number of carbonyl (C=O) groups is 2. The van der Waals surface area contributed by atoms with Gasteiger partial charge in [0.1, 0.15) is 10.8 Å². The maximum atomic E-state index is 12.2. The van der Waals surface area contributed by atoms with E-state index in [4.69, 9.17) is 4.74 Å². The van der Waals surface area contributed by atoms with Gasteiger partial charge in [-0.05, 0) is 44.5 Å². The van der Waals surface area contributed by atoms with E-state index >= 15 is 0 Å². The molecular weight excluding hydrogens is 394 g/mol. The Kier molecular flexibility index (Phi) is 5.90. The van der Waals surface area contributed by atoms with Crippen LogP contribution >= 0.6 is 27.3 Å². The summed E-state index contributed by atoms with van der Waals surface area (Å²) < 4.78 is 5.85. The van der Waals surface area contributed by atoms with Crippen LogP contribution in [0.3, 0.4) is 0 Å². The van der Waals surface area contributed by atoms with Crippen LogP contribution < -0.4 is 0 Å². The van der Waals surface area contributed by atoms with E-state index in [9.17, 15) is 14.7 Å². The lowest BCUT2D eigenvalue weighted by Gasteiger charge is -2.03. The van der Waals surface area contributed by atoms with Gasteiger partial charge in [0.15, 0.2) is 5.78 Å². The number of halogens is 1. The van der Waals surface area contributed by atoms with Crippen molar-refractivity contribution in [2.45, 2.75) is 20.8 Å². The van der Waals surface area contributed by atoms with E-state index in [2.05, 4.69) is 20.9 Å². The molecule has 126 valence electrons. The lowest BCUT2D eigenvalue weighted by atomic mass is 10.1. The number of ether oxygens (including phenoxy) is 1. The van der Waals surface area contributed by atoms with Gasteiger partial charge >= 0.3 is 5.97 Å². The highest BCUT2D eigenvalue weighted by atomic mass is 79.9. The second-order valence-electron chi connectivity index (χ2n) is 4.97. The number of phenols is 1.